The standard InChI is InChI=1S/C17H15ClN2O2S2/c1-11(21)20(17-15(24(2)22)7-8-23-17)10-12-3-4-13-5-6-16(18)19-14(13)9-12/h3-9H,10H2,1-2H3. The number of carbonyl (C=O) groups excluding carboxylic acids is 1. The number of hydrogen-bond acceptors (Lipinski definition) is 4. The first-order chi connectivity index (χ1) is 11.5. The number of anilines is 1. The van der Waals surface area contributed by atoms with Crippen LogP contribution in [0.5, 0.6) is 0 Å². The topological polar surface area (TPSA) is 50.3 Å². The fourth-order valence-corrected chi connectivity index (χ4v) is 4.64. The maximum Gasteiger partial charge on any atom is 0.224 e. The molecule has 0 radical (unpaired) electrons. The van der Waals surface area contributed by atoms with Crippen LogP contribution in [-0.4, -0.2) is 21.4 Å². The van der Waals surface area contributed by atoms with Gasteiger partial charge < -0.3 is 0 Å². The van der Waals surface area contributed by atoms with Crippen molar-refractivity contribution in [1.82, 2.24) is 4.98 Å². The molecule has 2 heterocycles. The van der Waals surface area contributed by atoms with E-state index in [-0.39, 0.29) is 5.91 Å². The smallest absolute Gasteiger partial charge is 0.224 e. The Morgan fingerprint density at radius 1 is 1.29 bits per heavy atom. The van der Waals surface area contributed by atoms with E-state index >= 15 is 0 Å². The van der Waals surface area contributed by atoms with Gasteiger partial charge in [0.1, 0.15) is 10.2 Å². The van der Waals surface area contributed by atoms with E-state index in [0.717, 1.165) is 21.5 Å². The van der Waals surface area contributed by atoms with E-state index in [4.69, 9.17) is 11.6 Å². The second-order valence-electron chi connectivity index (χ2n) is 5.31. The van der Waals surface area contributed by atoms with Crippen LogP contribution in [0.25, 0.3) is 10.9 Å². The number of benzene rings is 1. The summed E-state index contributed by atoms with van der Waals surface area (Å²) in [7, 11) is -1.14. The molecular formula is C17H15ClN2O2S2. The highest BCUT2D eigenvalue weighted by atomic mass is 35.5. The van der Waals surface area contributed by atoms with Gasteiger partial charge in [0.15, 0.2) is 0 Å². The number of carbonyl (C=O) groups is 1. The van der Waals surface area contributed by atoms with Crippen molar-refractivity contribution < 1.29 is 9.00 Å². The number of pyridine rings is 1. The van der Waals surface area contributed by atoms with Crippen molar-refractivity contribution in [3.63, 3.8) is 0 Å². The van der Waals surface area contributed by atoms with Crippen LogP contribution >= 0.6 is 22.9 Å². The van der Waals surface area contributed by atoms with Crippen LogP contribution in [0.1, 0.15) is 12.5 Å². The molecule has 0 N–H and O–H groups in total. The molecule has 24 heavy (non-hydrogen) atoms. The van der Waals surface area contributed by atoms with E-state index < -0.39 is 10.8 Å². The Hall–Kier alpha value is -1.76. The van der Waals surface area contributed by atoms with Crippen molar-refractivity contribution in [2.75, 3.05) is 11.2 Å². The summed E-state index contributed by atoms with van der Waals surface area (Å²) in [5.41, 5.74) is 1.72. The minimum Gasteiger partial charge on any atom is -0.299 e. The molecule has 4 nitrogen and oxygen atoms in total. The summed E-state index contributed by atoms with van der Waals surface area (Å²) < 4.78 is 11.9. The van der Waals surface area contributed by atoms with E-state index in [0.29, 0.717) is 16.6 Å². The van der Waals surface area contributed by atoms with Crippen LogP contribution in [0.2, 0.25) is 5.15 Å². The molecule has 1 atom stereocenters. The van der Waals surface area contributed by atoms with E-state index in [1.165, 1.54) is 18.3 Å². The van der Waals surface area contributed by atoms with E-state index in [1.54, 1.807) is 23.3 Å². The number of rotatable bonds is 4. The zero-order valence-electron chi connectivity index (χ0n) is 13.2. The molecule has 3 aromatic rings. The van der Waals surface area contributed by atoms with Gasteiger partial charge in [-0.1, -0.05) is 23.7 Å². The van der Waals surface area contributed by atoms with Crippen molar-refractivity contribution in [3.8, 4) is 0 Å². The van der Waals surface area contributed by atoms with Crippen LogP contribution in [0.15, 0.2) is 46.7 Å². The molecule has 0 spiro atoms. The van der Waals surface area contributed by atoms with Crippen LogP contribution in [0.4, 0.5) is 5.00 Å². The summed E-state index contributed by atoms with van der Waals surface area (Å²) in [6.45, 7) is 1.91. The van der Waals surface area contributed by atoms with Gasteiger partial charge in [0, 0.05) is 18.6 Å². The number of aromatic nitrogens is 1. The Kier molecular flexibility index (Phi) is 4.99. The number of fused-ring (bicyclic) bond motifs is 1. The van der Waals surface area contributed by atoms with Gasteiger partial charge >= 0.3 is 0 Å². The minimum absolute atomic E-state index is 0.0942. The molecule has 2 aromatic heterocycles. The second kappa shape index (κ2) is 7.01. The van der Waals surface area contributed by atoms with Crippen LogP contribution < -0.4 is 4.90 Å². The van der Waals surface area contributed by atoms with Crippen molar-refractivity contribution in [3.05, 3.63) is 52.5 Å². The molecule has 0 fully saturated rings. The highest BCUT2D eigenvalue weighted by Gasteiger charge is 2.19. The maximum absolute atomic E-state index is 12.1. The summed E-state index contributed by atoms with van der Waals surface area (Å²) in [6.07, 6.45) is 1.62. The first-order valence-electron chi connectivity index (χ1n) is 7.20. The summed E-state index contributed by atoms with van der Waals surface area (Å²) in [4.78, 5) is 18.8. The average molecular weight is 379 g/mol. The average Bonchev–Trinajstić information content (AvgIpc) is 3.01. The Morgan fingerprint density at radius 2 is 2.04 bits per heavy atom. The lowest BCUT2D eigenvalue weighted by molar-refractivity contribution is -0.116. The van der Waals surface area contributed by atoms with Gasteiger partial charge in [-0.3, -0.25) is 13.9 Å². The monoisotopic (exact) mass is 378 g/mol. The SMILES string of the molecule is CC(=O)N(Cc1ccc2ccc(Cl)nc2c1)c1sccc1S(C)=O. The molecule has 0 saturated carbocycles. The van der Waals surface area contributed by atoms with Crippen molar-refractivity contribution in [2.24, 2.45) is 0 Å². The zero-order chi connectivity index (χ0) is 17.3. The number of nitrogens with zero attached hydrogens (tertiary/aromatic N) is 2. The lowest BCUT2D eigenvalue weighted by Crippen LogP contribution is -2.27. The molecule has 7 heteroatoms. The van der Waals surface area contributed by atoms with E-state index in [9.17, 15) is 9.00 Å². The van der Waals surface area contributed by atoms with Crippen LogP contribution in [-0.2, 0) is 22.1 Å². The number of thiophene rings is 1. The third-order valence-electron chi connectivity index (χ3n) is 3.61. The first-order valence-corrected chi connectivity index (χ1v) is 10.0. The van der Waals surface area contributed by atoms with Gasteiger partial charge in [-0.05, 0) is 35.2 Å². The van der Waals surface area contributed by atoms with Gasteiger partial charge in [-0.2, -0.15) is 0 Å². The molecule has 0 aliphatic heterocycles. The molecule has 0 saturated heterocycles. The van der Waals surface area contributed by atoms with Crippen molar-refractivity contribution in [1.29, 1.82) is 0 Å². The second-order valence-corrected chi connectivity index (χ2v) is 7.94. The Morgan fingerprint density at radius 3 is 2.75 bits per heavy atom. The maximum atomic E-state index is 12.1. The third-order valence-corrected chi connectivity index (χ3v) is 5.83. The Labute approximate surface area is 151 Å². The Bertz CT molecular complexity index is 939. The fraction of sp³-hybridized carbons (Fsp3) is 0.176. The molecule has 0 aliphatic rings. The van der Waals surface area contributed by atoms with E-state index in [2.05, 4.69) is 4.98 Å². The fourth-order valence-electron chi connectivity index (χ4n) is 2.45. The number of halogens is 1. The van der Waals surface area contributed by atoms with Gasteiger partial charge in [0.05, 0.1) is 27.8 Å². The summed E-state index contributed by atoms with van der Waals surface area (Å²) in [5.74, 6) is -0.0942. The normalized spacial score (nSPS) is 12.3. The summed E-state index contributed by atoms with van der Waals surface area (Å²) in [5, 5.41) is 4.00. The lowest BCUT2D eigenvalue weighted by Gasteiger charge is -2.21. The molecule has 0 aliphatic carbocycles. The molecule has 3 rings (SSSR count). The molecular weight excluding hydrogens is 364 g/mol. The molecule has 0 bridgehead atoms. The largest absolute Gasteiger partial charge is 0.299 e. The van der Waals surface area contributed by atoms with Crippen LogP contribution in [0.3, 0.4) is 0 Å². The first kappa shape index (κ1) is 17.1. The molecule has 1 unspecified atom stereocenters. The summed E-state index contributed by atoms with van der Waals surface area (Å²) >= 11 is 7.37. The van der Waals surface area contributed by atoms with Crippen LogP contribution in [0, 0.1) is 0 Å². The highest BCUT2D eigenvalue weighted by molar-refractivity contribution is 7.84. The van der Waals surface area contributed by atoms with Gasteiger partial charge in [0.2, 0.25) is 5.91 Å². The van der Waals surface area contributed by atoms with Crippen molar-refractivity contribution in [2.45, 2.75) is 18.4 Å². The number of amides is 1. The van der Waals surface area contributed by atoms with Crippen molar-refractivity contribution >= 4 is 55.5 Å². The van der Waals surface area contributed by atoms with Gasteiger partial charge in [0.25, 0.3) is 0 Å². The number of hydrogen-bond donors (Lipinski definition) is 0. The molecule has 1 amide bonds. The summed E-state index contributed by atoms with van der Waals surface area (Å²) in [6, 6.07) is 11.3. The molecule has 124 valence electrons. The minimum atomic E-state index is -1.14. The predicted octanol–water partition coefficient (Wildman–Crippen LogP) is 4.24. The quantitative estimate of drug-likeness (QED) is 0.638. The van der Waals surface area contributed by atoms with E-state index in [1.807, 2.05) is 29.6 Å². The third kappa shape index (κ3) is 3.50. The lowest BCUT2D eigenvalue weighted by atomic mass is 10.1. The predicted molar refractivity (Wildman–Crippen MR) is 100 cm³/mol. The zero-order valence-corrected chi connectivity index (χ0v) is 15.5. The van der Waals surface area contributed by atoms with Gasteiger partial charge in [-0.15, -0.1) is 11.3 Å². The highest BCUT2D eigenvalue weighted by Crippen LogP contribution is 2.31. The Balaban J connectivity index is 1.98. The van der Waals surface area contributed by atoms with Gasteiger partial charge in [-0.25, -0.2) is 4.98 Å². The molecule has 1 aromatic carbocycles.